The van der Waals surface area contributed by atoms with Gasteiger partial charge in [-0.1, -0.05) is 18.2 Å². The van der Waals surface area contributed by atoms with Crippen molar-refractivity contribution < 1.29 is 5.21 Å². The van der Waals surface area contributed by atoms with E-state index in [-0.39, 0.29) is 5.56 Å². The smallest absolute Gasteiger partial charge is 0.292 e. The van der Waals surface area contributed by atoms with Crippen LogP contribution in [0.4, 0.5) is 0 Å². The van der Waals surface area contributed by atoms with E-state index in [1.165, 1.54) is 11.3 Å². The molecule has 15 heavy (non-hydrogen) atoms. The SMILES string of the molecule is O=c1c2ccsc2c2ccccc2n1O. The first-order valence-corrected chi connectivity index (χ1v) is 5.37. The molecule has 0 aliphatic rings. The monoisotopic (exact) mass is 217 g/mol. The van der Waals surface area contributed by atoms with Crippen molar-refractivity contribution >= 4 is 32.3 Å². The number of benzene rings is 1. The molecule has 74 valence electrons. The minimum atomic E-state index is -0.357. The molecule has 2 aromatic heterocycles. The van der Waals surface area contributed by atoms with E-state index in [1.54, 1.807) is 18.2 Å². The van der Waals surface area contributed by atoms with Crippen molar-refractivity contribution in [1.29, 1.82) is 0 Å². The van der Waals surface area contributed by atoms with E-state index in [0.29, 0.717) is 15.6 Å². The summed E-state index contributed by atoms with van der Waals surface area (Å²) in [4.78, 5) is 11.7. The van der Waals surface area contributed by atoms with Gasteiger partial charge in [-0.2, -0.15) is 0 Å². The van der Waals surface area contributed by atoms with Crippen LogP contribution >= 0.6 is 11.3 Å². The van der Waals surface area contributed by atoms with Gasteiger partial charge in [0.25, 0.3) is 5.56 Å². The van der Waals surface area contributed by atoms with Crippen LogP contribution in [0.15, 0.2) is 40.5 Å². The minimum Gasteiger partial charge on any atom is -0.425 e. The third-order valence-corrected chi connectivity index (χ3v) is 3.41. The molecule has 3 nitrogen and oxygen atoms in total. The summed E-state index contributed by atoms with van der Waals surface area (Å²) >= 11 is 1.52. The van der Waals surface area contributed by atoms with Crippen molar-refractivity contribution in [1.82, 2.24) is 4.73 Å². The highest BCUT2D eigenvalue weighted by molar-refractivity contribution is 7.18. The average Bonchev–Trinajstić information content (AvgIpc) is 2.75. The van der Waals surface area contributed by atoms with Gasteiger partial charge in [0.05, 0.1) is 10.9 Å². The molecule has 1 aromatic carbocycles. The third kappa shape index (κ3) is 1.02. The van der Waals surface area contributed by atoms with Crippen LogP contribution in [-0.4, -0.2) is 9.94 Å². The van der Waals surface area contributed by atoms with Gasteiger partial charge in [-0.05, 0) is 17.5 Å². The predicted octanol–water partition coefficient (Wildman–Crippen LogP) is 2.45. The van der Waals surface area contributed by atoms with E-state index in [4.69, 9.17) is 0 Å². The van der Waals surface area contributed by atoms with Crippen LogP contribution in [-0.2, 0) is 0 Å². The van der Waals surface area contributed by atoms with Gasteiger partial charge in [-0.3, -0.25) is 4.79 Å². The van der Waals surface area contributed by atoms with E-state index >= 15 is 0 Å². The number of thiophene rings is 1. The maximum Gasteiger partial charge on any atom is 0.292 e. The molecular formula is C11H7NO2S. The number of aromatic nitrogens is 1. The van der Waals surface area contributed by atoms with Gasteiger partial charge in [0.1, 0.15) is 0 Å². The number of hydrogen-bond donors (Lipinski definition) is 1. The largest absolute Gasteiger partial charge is 0.425 e. The van der Waals surface area contributed by atoms with Gasteiger partial charge < -0.3 is 5.21 Å². The maximum atomic E-state index is 11.7. The first-order valence-electron chi connectivity index (χ1n) is 4.49. The molecule has 0 bridgehead atoms. The highest BCUT2D eigenvalue weighted by Gasteiger charge is 2.09. The average molecular weight is 217 g/mol. The Labute approximate surface area is 88.8 Å². The van der Waals surface area contributed by atoms with Crippen molar-refractivity contribution in [3.8, 4) is 0 Å². The topological polar surface area (TPSA) is 42.2 Å². The number of hydrogen-bond acceptors (Lipinski definition) is 3. The number of para-hydroxylation sites is 1. The Balaban J connectivity index is 2.77. The lowest BCUT2D eigenvalue weighted by Crippen LogP contribution is -2.17. The maximum absolute atomic E-state index is 11.7. The first kappa shape index (κ1) is 8.49. The summed E-state index contributed by atoms with van der Waals surface area (Å²) < 4.78 is 1.64. The molecule has 0 radical (unpaired) electrons. The zero-order valence-corrected chi connectivity index (χ0v) is 8.49. The van der Waals surface area contributed by atoms with Crippen molar-refractivity contribution in [3.05, 3.63) is 46.1 Å². The van der Waals surface area contributed by atoms with Crippen LogP contribution in [0.25, 0.3) is 21.0 Å². The molecule has 2 heterocycles. The van der Waals surface area contributed by atoms with E-state index in [2.05, 4.69) is 0 Å². The van der Waals surface area contributed by atoms with Crippen molar-refractivity contribution in [2.45, 2.75) is 0 Å². The van der Waals surface area contributed by atoms with E-state index in [0.717, 1.165) is 10.1 Å². The summed E-state index contributed by atoms with van der Waals surface area (Å²) in [5.41, 5.74) is 0.197. The number of fused-ring (bicyclic) bond motifs is 3. The normalized spacial score (nSPS) is 11.2. The quantitative estimate of drug-likeness (QED) is 0.588. The third-order valence-electron chi connectivity index (χ3n) is 2.46. The van der Waals surface area contributed by atoms with Crippen LogP contribution in [0.5, 0.6) is 0 Å². The zero-order valence-electron chi connectivity index (χ0n) is 7.68. The van der Waals surface area contributed by atoms with Gasteiger partial charge in [-0.15, -0.1) is 16.1 Å². The second-order valence-electron chi connectivity index (χ2n) is 3.30. The van der Waals surface area contributed by atoms with Crippen LogP contribution in [0.3, 0.4) is 0 Å². The highest BCUT2D eigenvalue weighted by Crippen LogP contribution is 2.26. The second-order valence-corrected chi connectivity index (χ2v) is 4.21. The van der Waals surface area contributed by atoms with Crippen LogP contribution in [0.1, 0.15) is 0 Å². The Bertz CT molecular complexity index is 711. The number of nitrogens with zero attached hydrogens (tertiary/aromatic N) is 1. The molecule has 3 aromatic rings. The summed E-state index contributed by atoms with van der Waals surface area (Å²) in [7, 11) is 0. The Morgan fingerprint density at radius 3 is 2.80 bits per heavy atom. The molecule has 0 amide bonds. The molecule has 0 atom stereocenters. The lowest BCUT2D eigenvalue weighted by Gasteiger charge is -2.03. The summed E-state index contributed by atoms with van der Waals surface area (Å²) in [5, 5.41) is 13.0. The number of pyridine rings is 1. The number of rotatable bonds is 0. The van der Waals surface area contributed by atoms with Crippen molar-refractivity contribution in [3.63, 3.8) is 0 Å². The molecule has 3 rings (SSSR count). The molecule has 0 saturated heterocycles. The molecule has 0 fully saturated rings. The molecule has 0 spiro atoms. The van der Waals surface area contributed by atoms with Gasteiger partial charge in [0.2, 0.25) is 0 Å². The standard InChI is InChI=1S/C11H7NO2S/c13-11-8-5-6-15-10(8)7-3-1-2-4-9(7)12(11)14/h1-6,14H. The molecule has 0 aliphatic heterocycles. The van der Waals surface area contributed by atoms with E-state index in [1.807, 2.05) is 17.5 Å². The van der Waals surface area contributed by atoms with Gasteiger partial charge >= 0.3 is 0 Å². The lowest BCUT2D eigenvalue weighted by molar-refractivity contribution is 0.190. The lowest BCUT2D eigenvalue weighted by atomic mass is 10.2. The minimum absolute atomic E-state index is 0.357. The summed E-state index contributed by atoms with van der Waals surface area (Å²) in [6.45, 7) is 0. The highest BCUT2D eigenvalue weighted by atomic mass is 32.1. The molecular weight excluding hydrogens is 210 g/mol. The van der Waals surface area contributed by atoms with Crippen molar-refractivity contribution in [2.75, 3.05) is 0 Å². The van der Waals surface area contributed by atoms with E-state index < -0.39 is 0 Å². The van der Waals surface area contributed by atoms with Gasteiger partial charge in [-0.25, -0.2) is 0 Å². The summed E-state index contributed by atoms with van der Waals surface area (Å²) in [6.07, 6.45) is 0. The van der Waals surface area contributed by atoms with E-state index in [9.17, 15) is 10.0 Å². The van der Waals surface area contributed by atoms with Crippen LogP contribution in [0.2, 0.25) is 0 Å². The van der Waals surface area contributed by atoms with Gasteiger partial charge in [0.15, 0.2) is 0 Å². The zero-order chi connectivity index (χ0) is 10.4. The molecule has 0 aliphatic carbocycles. The fourth-order valence-corrected chi connectivity index (χ4v) is 2.68. The summed E-state index contributed by atoms with van der Waals surface area (Å²) in [6, 6.07) is 9.07. The van der Waals surface area contributed by atoms with Crippen LogP contribution < -0.4 is 5.56 Å². The Morgan fingerprint density at radius 1 is 1.13 bits per heavy atom. The molecule has 1 N–H and O–H groups in total. The fourth-order valence-electron chi connectivity index (χ4n) is 1.76. The molecule has 0 unspecified atom stereocenters. The predicted molar refractivity (Wildman–Crippen MR) is 60.8 cm³/mol. The second kappa shape index (κ2) is 2.84. The van der Waals surface area contributed by atoms with Crippen LogP contribution in [0, 0.1) is 0 Å². The van der Waals surface area contributed by atoms with Gasteiger partial charge in [0, 0.05) is 10.1 Å². The Hall–Kier alpha value is -1.81. The Morgan fingerprint density at radius 2 is 1.93 bits per heavy atom. The first-order chi connectivity index (χ1) is 7.29. The fraction of sp³-hybridized carbons (Fsp3) is 0. The van der Waals surface area contributed by atoms with Crippen molar-refractivity contribution in [2.24, 2.45) is 0 Å². The summed E-state index contributed by atoms with van der Waals surface area (Å²) in [5.74, 6) is 0. The Kier molecular flexibility index (Phi) is 1.61. The molecule has 4 heteroatoms. The molecule has 0 saturated carbocycles.